The molecule has 0 bridgehead atoms. The number of rotatable bonds is 5. The summed E-state index contributed by atoms with van der Waals surface area (Å²) in [5, 5.41) is 0. The number of benzene rings is 1. The molecule has 1 saturated carbocycles. The molecule has 5 heteroatoms. The Bertz CT molecular complexity index is 458. The Kier molecular flexibility index (Phi) is 4.62. The summed E-state index contributed by atoms with van der Waals surface area (Å²) in [6.45, 7) is 0. The van der Waals surface area contributed by atoms with Crippen molar-refractivity contribution in [2.24, 2.45) is 5.84 Å². The number of hydrogen-bond acceptors (Lipinski definition) is 4. The van der Waals surface area contributed by atoms with Crippen molar-refractivity contribution < 1.29 is 9.13 Å². The third-order valence-corrected chi connectivity index (χ3v) is 4.58. The van der Waals surface area contributed by atoms with Crippen molar-refractivity contribution in [2.75, 3.05) is 21.2 Å². The zero-order valence-electron chi connectivity index (χ0n) is 12.4. The van der Waals surface area contributed by atoms with Crippen LogP contribution in [0.1, 0.15) is 37.3 Å². The molecule has 0 spiro atoms. The molecule has 0 aromatic heterocycles. The molecule has 0 amide bonds. The van der Waals surface area contributed by atoms with Gasteiger partial charge in [-0.1, -0.05) is 18.9 Å². The number of nitrogens with two attached hydrogens (primary N) is 1. The van der Waals surface area contributed by atoms with Gasteiger partial charge in [-0.15, -0.1) is 0 Å². The van der Waals surface area contributed by atoms with E-state index in [4.69, 9.17) is 10.6 Å². The second-order valence-electron chi connectivity index (χ2n) is 5.69. The topological polar surface area (TPSA) is 50.5 Å². The number of nitrogens with zero attached hydrogens (tertiary/aromatic N) is 1. The number of nitrogens with one attached hydrogen (secondary N) is 1. The van der Waals surface area contributed by atoms with Crippen molar-refractivity contribution in [3.8, 4) is 5.75 Å². The van der Waals surface area contributed by atoms with Crippen LogP contribution in [0.25, 0.3) is 0 Å². The normalized spacial score (nSPS) is 19.3. The summed E-state index contributed by atoms with van der Waals surface area (Å²) in [7, 11) is 5.61. The largest absolute Gasteiger partial charge is 0.497 e. The molecule has 0 heterocycles. The molecule has 3 N–H and O–H groups in total. The van der Waals surface area contributed by atoms with Gasteiger partial charge in [0, 0.05) is 17.2 Å². The first-order chi connectivity index (χ1) is 9.55. The van der Waals surface area contributed by atoms with Crippen LogP contribution in [-0.2, 0) is 0 Å². The first kappa shape index (κ1) is 15.2. The second-order valence-corrected chi connectivity index (χ2v) is 5.69. The van der Waals surface area contributed by atoms with E-state index in [2.05, 4.69) is 10.3 Å². The summed E-state index contributed by atoms with van der Waals surface area (Å²) in [5.74, 6) is 6.02. The fraction of sp³-hybridized carbons (Fsp3) is 0.600. The van der Waals surface area contributed by atoms with Crippen LogP contribution in [0.15, 0.2) is 18.2 Å². The zero-order chi connectivity index (χ0) is 14.8. The van der Waals surface area contributed by atoms with Crippen molar-refractivity contribution in [2.45, 2.75) is 37.3 Å². The molecule has 1 unspecified atom stereocenters. The van der Waals surface area contributed by atoms with Crippen molar-refractivity contribution in [1.82, 2.24) is 10.3 Å². The first-order valence-corrected chi connectivity index (χ1v) is 7.02. The molecule has 2 rings (SSSR count). The average Bonchev–Trinajstić information content (AvgIpc) is 2.92. The smallest absolute Gasteiger partial charge is 0.131 e. The molecular weight excluding hydrogens is 257 g/mol. The maximum atomic E-state index is 14.4. The number of halogens is 1. The number of hydrogen-bond donors (Lipinski definition) is 2. The molecule has 112 valence electrons. The summed E-state index contributed by atoms with van der Waals surface area (Å²) < 4.78 is 19.4. The van der Waals surface area contributed by atoms with E-state index in [1.165, 1.54) is 13.2 Å². The van der Waals surface area contributed by atoms with Crippen molar-refractivity contribution in [3.63, 3.8) is 0 Å². The van der Waals surface area contributed by atoms with Crippen molar-refractivity contribution in [1.29, 1.82) is 0 Å². The van der Waals surface area contributed by atoms with Gasteiger partial charge in [-0.3, -0.25) is 11.3 Å². The molecule has 0 aliphatic heterocycles. The predicted molar refractivity (Wildman–Crippen MR) is 77.9 cm³/mol. The van der Waals surface area contributed by atoms with Gasteiger partial charge in [0.1, 0.15) is 11.6 Å². The third kappa shape index (κ3) is 2.53. The third-order valence-electron chi connectivity index (χ3n) is 4.58. The zero-order valence-corrected chi connectivity index (χ0v) is 12.4. The van der Waals surface area contributed by atoms with Crippen LogP contribution < -0.4 is 16.0 Å². The Morgan fingerprint density at radius 1 is 1.35 bits per heavy atom. The minimum atomic E-state index is -0.277. The maximum Gasteiger partial charge on any atom is 0.131 e. The molecular formula is C15H24FN3O. The van der Waals surface area contributed by atoms with Gasteiger partial charge < -0.3 is 9.64 Å². The molecule has 0 saturated heterocycles. The van der Waals surface area contributed by atoms with Gasteiger partial charge >= 0.3 is 0 Å². The van der Waals surface area contributed by atoms with Gasteiger partial charge in [0.15, 0.2) is 0 Å². The van der Waals surface area contributed by atoms with Crippen LogP contribution in [0, 0.1) is 5.82 Å². The fourth-order valence-electron chi connectivity index (χ4n) is 3.38. The van der Waals surface area contributed by atoms with E-state index in [1.54, 1.807) is 12.1 Å². The quantitative estimate of drug-likeness (QED) is 0.642. The van der Waals surface area contributed by atoms with Crippen molar-refractivity contribution in [3.05, 3.63) is 29.6 Å². The van der Waals surface area contributed by atoms with Gasteiger partial charge in [-0.05, 0) is 33.0 Å². The predicted octanol–water partition coefficient (Wildman–Crippen LogP) is 2.21. The van der Waals surface area contributed by atoms with Gasteiger partial charge in [0.2, 0.25) is 0 Å². The van der Waals surface area contributed by atoms with E-state index < -0.39 is 0 Å². The summed E-state index contributed by atoms with van der Waals surface area (Å²) in [5.41, 5.74) is 3.30. The number of hydrazine groups is 1. The lowest BCUT2D eigenvalue weighted by Gasteiger charge is -2.43. The molecule has 1 aromatic rings. The molecule has 1 fully saturated rings. The van der Waals surface area contributed by atoms with E-state index in [0.29, 0.717) is 11.3 Å². The van der Waals surface area contributed by atoms with E-state index >= 15 is 0 Å². The van der Waals surface area contributed by atoms with Crippen LogP contribution in [0.2, 0.25) is 0 Å². The van der Waals surface area contributed by atoms with E-state index in [-0.39, 0.29) is 17.4 Å². The Labute approximate surface area is 120 Å². The Morgan fingerprint density at radius 2 is 2.00 bits per heavy atom. The first-order valence-electron chi connectivity index (χ1n) is 7.02. The molecule has 0 radical (unpaired) electrons. The lowest BCUT2D eigenvalue weighted by molar-refractivity contribution is 0.103. The highest BCUT2D eigenvalue weighted by Gasteiger charge is 2.44. The Balaban J connectivity index is 2.41. The number of methoxy groups -OCH3 is 1. The minimum Gasteiger partial charge on any atom is -0.497 e. The molecule has 20 heavy (non-hydrogen) atoms. The minimum absolute atomic E-state index is 0.135. The molecule has 1 aliphatic carbocycles. The highest BCUT2D eigenvalue weighted by molar-refractivity contribution is 5.33. The second kappa shape index (κ2) is 6.08. The van der Waals surface area contributed by atoms with Crippen LogP contribution in [0.5, 0.6) is 5.75 Å². The fourth-order valence-corrected chi connectivity index (χ4v) is 3.38. The van der Waals surface area contributed by atoms with E-state index in [1.807, 2.05) is 14.1 Å². The highest BCUT2D eigenvalue weighted by Crippen LogP contribution is 2.43. The van der Waals surface area contributed by atoms with E-state index in [0.717, 1.165) is 25.7 Å². The van der Waals surface area contributed by atoms with Crippen LogP contribution in [0.4, 0.5) is 4.39 Å². The summed E-state index contributed by atoms with van der Waals surface area (Å²) in [4.78, 5) is 2.17. The van der Waals surface area contributed by atoms with Crippen LogP contribution in [0.3, 0.4) is 0 Å². The standard InChI is InChI=1S/C15H24FN3O/c1-19(2)15(8-4-5-9-15)14(18-17)12-7-6-11(20-3)10-13(12)16/h6-7,10,14,18H,4-5,8-9,17H2,1-3H3. The molecule has 1 aromatic carbocycles. The highest BCUT2D eigenvalue weighted by atomic mass is 19.1. The van der Waals surface area contributed by atoms with Crippen molar-refractivity contribution >= 4 is 0 Å². The van der Waals surface area contributed by atoms with Gasteiger partial charge in [0.05, 0.1) is 13.2 Å². The number of ether oxygens (including phenoxy) is 1. The average molecular weight is 281 g/mol. The molecule has 1 aliphatic rings. The molecule has 4 nitrogen and oxygen atoms in total. The number of likely N-dealkylation sites (N-methyl/N-ethyl adjacent to an activating group) is 1. The lowest BCUT2D eigenvalue weighted by Crippen LogP contribution is -2.53. The van der Waals surface area contributed by atoms with Crippen LogP contribution >= 0.6 is 0 Å². The summed E-state index contributed by atoms with van der Waals surface area (Å²) in [6, 6.07) is 4.73. The SMILES string of the molecule is COc1ccc(C(NN)C2(N(C)C)CCCC2)c(F)c1. The van der Waals surface area contributed by atoms with E-state index in [9.17, 15) is 4.39 Å². The summed E-state index contributed by atoms with van der Waals surface area (Å²) in [6.07, 6.45) is 4.32. The van der Waals surface area contributed by atoms with Gasteiger partial charge in [0.25, 0.3) is 0 Å². The van der Waals surface area contributed by atoms with Gasteiger partial charge in [-0.2, -0.15) is 0 Å². The maximum absolute atomic E-state index is 14.4. The Hall–Kier alpha value is -1.17. The van der Waals surface area contributed by atoms with Gasteiger partial charge in [-0.25, -0.2) is 4.39 Å². The summed E-state index contributed by atoms with van der Waals surface area (Å²) >= 11 is 0. The lowest BCUT2D eigenvalue weighted by atomic mass is 9.82. The van der Waals surface area contributed by atoms with Crippen LogP contribution in [-0.4, -0.2) is 31.6 Å². The molecule has 1 atom stereocenters. The Morgan fingerprint density at radius 3 is 2.45 bits per heavy atom. The monoisotopic (exact) mass is 281 g/mol.